The van der Waals surface area contributed by atoms with E-state index in [9.17, 15) is 9.18 Å². The standard InChI is InChI=1S/C10H11ClFNO2/c11-7-3-6(4-8(12)5-7)9(13)1-2-10(14)15/h3-5,9H,1-2,13H2,(H,14,15). The van der Waals surface area contributed by atoms with Crippen LogP contribution in [0, 0.1) is 5.82 Å². The van der Waals surface area contributed by atoms with Crippen molar-refractivity contribution in [2.75, 3.05) is 0 Å². The Morgan fingerprint density at radius 1 is 1.53 bits per heavy atom. The molecule has 3 nitrogen and oxygen atoms in total. The van der Waals surface area contributed by atoms with Gasteiger partial charge in [-0.2, -0.15) is 0 Å². The molecule has 1 rings (SSSR count). The van der Waals surface area contributed by atoms with Gasteiger partial charge >= 0.3 is 5.97 Å². The van der Waals surface area contributed by atoms with Crippen molar-refractivity contribution in [3.05, 3.63) is 34.6 Å². The molecule has 0 fully saturated rings. The molecule has 0 aliphatic carbocycles. The second kappa shape index (κ2) is 5.09. The zero-order chi connectivity index (χ0) is 11.4. The monoisotopic (exact) mass is 231 g/mol. The van der Waals surface area contributed by atoms with Crippen molar-refractivity contribution in [2.45, 2.75) is 18.9 Å². The van der Waals surface area contributed by atoms with Crippen molar-refractivity contribution >= 4 is 17.6 Å². The molecule has 15 heavy (non-hydrogen) atoms. The fraction of sp³-hybridized carbons (Fsp3) is 0.300. The summed E-state index contributed by atoms with van der Waals surface area (Å²) in [6.45, 7) is 0. The first-order chi connectivity index (χ1) is 6.99. The van der Waals surface area contributed by atoms with Crippen LogP contribution in [0.1, 0.15) is 24.4 Å². The van der Waals surface area contributed by atoms with E-state index in [1.165, 1.54) is 18.2 Å². The van der Waals surface area contributed by atoms with Crippen molar-refractivity contribution in [1.29, 1.82) is 0 Å². The van der Waals surface area contributed by atoms with Crippen molar-refractivity contribution in [3.8, 4) is 0 Å². The third kappa shape index (κ3) is 3.85. The van der Waals surface area contributed by atoms with Crippen LogP contribution in [0.5, 0.6) is 0 Å². The molecule has 1 aromatic rings. The molecule has 3 N–H and O–H groups in total. The van der Waals surface area contributed by atoms with Crippen LogP contribution in [0.2, 0.25) is 5.02 Å². The van der Waals surface area contributed by atoms with Gasteiger partial charge in [-0.1, -0.05) is 11.6 Å². The lowest BCUT2D eigenvalue weighted by Crippen LogP contribution is -2.12. The zero-order valence-electron chi connectivity index (χ0n) is 7.91. The number of benzene rings is 1. The Kier molecular flexibility index (Phi) is 4.05. The number of carboxylic acids is 1. The van der Waals surface area contributed by atoms with E-state index in [1.807, 2.05) is 0 Å². The minimum Gasteiger partial charge on any atom is -0.481 e. The van der Waals surface area contributed by atoms with Gasteiger partial charge in [0.25, 0.3) is 0 Å². The van der Waals surface area contributed by atoms with Crippen molar-refractivity contribution in [1.82, 2.24) is 0 Å². The molecule has 0 saturated heterocycles. The van der Waals surface area contributed by atoms with Crippen LogP contribution in [0.4, 0.5) is 4.39 Å². The molecule has 0 radical (unpaired) electrons. The molecular formula is C10H11ClFNO2. The first-order valence-electron chi connectivity index (χ1n) is 4.42. The second-order valence-corrected chi connectivity index (χ2v) is 3.68. The summed E-state index contributed by atoms with van der Waals surface area (Å²) in [5.41, 5.74) is 6.21. The van der Waals surface area contributed by atoms with Crippen LogP contribution >= 0.6 is 11.6 Å². The molecule has 82 valence electrons. The highest BCUT2D eigenvalue weighted by atomic mass is 35.5. The first-order valence-corrected chi connectivity index (χ1v) is 4.80. The Morgan fingerprint density at radius 3 is 2.73 bits per heavy atom. The van der Waals surface area contributed by atoms with Crippen molar-refractivity contribution in [2.24, 2.45) is 5.73 Å². The highest BCUT2D eigenvalue weighted by molar-refractivity contribution is 6.30. The molecular weight excluding hydrogens is 221 g/mol. The van der Waals surface area contributed by atoms with Gasteiger partial charge in [-0.05, 0) is 30.2 Å². The summed E-state index contributed by atoms with van der Waals surface area (Å²) in [7, 11) is 0. The number of carbonyl (C=O) groups is 1. The molecule has 0 bridgehead atoms. The highest BCUT2D eigenvalue weighted by Crippen LogP contribution is 2.21. The molecule has 1 aromatic carbocycles. The Balaban J connectivity index is 2.72. The van der Waals surface area contributed by atoms with Crippen LogP contribution in [0.15, 0.2) is 18.2 Å². The van der Waals surface area contributed by atoms with Crippen LogP contribution in [0.3, 0.4) is 0 Å². The molecule has 1 unspecified atom stereocenters. The smallest absolute Gasteiger partial charge is 0.303 e. The first kappa shape index (κ1) is 11.9. The predicted octanol–water partition coefficient (Wildman–Crippen LogP) is 2.34. The Hall–Kier alpha value is -1.13. The number of hydrogen-bond donors (Lipinski definition) is 2. The number of carboxylic acid groups (broad SMARTS) is 1. The van der Waals surface area contributed by atoms with Crippen LogP contribution < -0.4 is 5.73 Å². The van der Waals surface area contributed by atoms with Gasteiger partial charge in [0.05, 0.1) is 0 Å². The van der Waals surface area contributed by atoms with E-state index in [2.05, 4.69) is 0 Å². The summed E-state index contributed by atoms with van der Waals surface area (Å²) in [5, 5.41) is 8.72. The van der Waals surface area contributed by atoms with E-state index in [4.69, 9.17) is 22.4 Å². The fourth-order valence-electron chi connectivity index (χ4n) is 1.23. The Morgan fingerprint density at radius 2 is 2.20 bits per heavy atom. The number of rotatable bonds is 4. The SMILES string of the molecule is NC(CCC(=O)O)c1cc(F)cc(Cl)c1. The summed E-state index contributed by atoms with van der Waals surface area (Å²) in [6.07, 6.45) is 0.213. The third-order valence-electron chi connectivity index (χ3n) is 1.98. The van der Waals surface area contributed by atoms with Gasteiger partial charge in [0.1, 0.15) is 5.82 Å². The zero-order valence-corrected chi connectivity index (χ0v) is 8.67. The van der Waals surface area contributed by atoms with Crippen LogP contribution in [-0.2, 0) is 4.79 Å². The molecule has 0 saturated carbocycles. The number of hydrogen-bond acceptors (Lipinski definition) is 2. The van der Waals surface area contributed by atoms with E-state index >= 15 is 0 Å². The molecule has 0 aromatic heterocycles. The van der Waals surface area contributed by atoms with Crippen LogP contribution in [-0.4, -0.2) is 11.1 Å². The Bertz CT molecular complexity index is 350. The van der Waals surface area contributed by atoms with Gasteiger partial charge in [0, 0.05) is 17.5 Å². The van der Waals surface area contributed by atoms with Gasteiger partial charge < -0.3 is 10.8 Å². The molecule has 0 spiro atoms. The second-order valence-electron chi connectivity index (χ2n) is 3.24. The largest absolute Gasteiger partial charge is 0.481 e. The highest BCUT2D eigenvalue weighted by Gasteiger charge is 2.10. The maximum Gasteiger partial charge on any atom is 0.303 e. The summed E-state index contributed by atoms with van der Waals surface area (Å²) in [5.74, 6) is -1.39. The van der Waals surface area contributed by atoms with Gasteiger partial charge in [0.2, 0.25) is 0 Å². The van der Waals surface area contributed by atoms with Gasteiger partial charge in [-0.25, -0.2) is 4.39 Å². The summed E-state index contributed by atoms with van der Waals surface area (Å²) < 4.78 is 12.9. The lowest BCUT2D eigenvalue weighted by Gasteiger charge is -2.10. The molecule has 0 aliphatic rings. The van der Waals surface area contributed by atoms with Crippen LogP contribution in [0.25, 0.3) is 0 Å². The molecule has 1 atom stereocenters. The predicted molar refractivity (Wildman–Crippen MR) is 55.2 cm³/mol. The van der Waals surface area contributed by atoms with Gasteiger partial charge in [-0.3, -0.25) is 4.79 Å². The summed E-state index contributed by atoms with van der Waals surface area (Å²) in [4.78, 5) is 10.3. The lowest BCUT2D eigenvalue weighted by atomic mass is 10.0. The maximum absolute atomic E-state index is 12.9. The fourth-order valence-corrected chi connectivity index (χ4v) is 1.47. The molecule has 0 heterocycles. The van der Waals surface area contributed by atoms with E-state index in [1.54, 1.807) is 0 Å². The number of halogens is 2. The molecule has 0 aliphatic heterocycles. The third-order valence-corrected chi connectivity index (χ3v) is 2.20. The normalized spacial score (nSPS) is 12.5. The Labute approximate surface area is 91.7 Å². The van der Waals surface area contributed by atoms with Gasteiger partial charge in [0.15, 0.2) is 0 Å². The minimum absolute atomic E-state index is 0.0463. The van der Waals surface area contributed by atoms with E-state index in [0.717, 1.165) is 0 Å². The van der Waals surface area contributed by atoms with E-state index in [-0.39, 0.29) is 17.9 Å². The average Bonchev–Trinajstić information content (AvgIpc) is 2.12. The quantitative estimate of drug-likeness (QED) is 0.836. The van der Waals surface area contributed by atoms with E-state index in [0.29, 0.717) is 5.56 Å². The van der Waals surface area contributed by atoms with Gasteiger partial charge in [-0.15, -0.1) is 0 Å². The van der Waals surface area contributed by atoms with E-state index < -0.39 is 17.8 Å². The summed E-state index contributed by atoms with van der Waals surface area (Å²) >= 11 is 5.65. The lowest BCUT2D eigenvalue weighted by molar-refractivity contribution is -0.137. The minimum atomic E-state index is -0.923. The van der Waals surface area contributed by atoms with Crippen molar-refractivity contribution in [3.63, 3.8) is 0 Å². The summed E-state index contributed by atoms with van der Waals surface area (Å²) in [6, 6.07) is 3.47. The average molecular weight is 232 g/mol. The molecule has 5 heteroatoms. The topological polar surface area (TPSA) is 63.3 Å². The molecule has 0 amide bonds. The number of nitrogens with two attached hydrogens (primary N) is 1. The number of aliphatic carboxylic acids is 1. The maximum atomic E-state index is 12.9. The van der Waals surface area contributed by atoms with Crippen molar-refractivity contribution < 1.29 is 14.3 Å².